The Kier molecular flexibility index (Phi) is 7.18. The minimum Gasteiger partial charge on any atom is -0.467 e. The summed E-state index contributed by atoms with van der Waals surface area (Å²) in [5.74, 6) is -0.884. The number of amides is 2. The molecule has 1 aliphatic heterocycles. The summed E-state index contributed by atoms with van der Waals surface area (Å²) < 4.78 is 4.85. The van der Waals surface area contributed by atoms with Crippen LogP contribution in [0.4, 0.5) is 0 Å². The topological polar surface area (TPSA) is 75.7 Å². The van der Waals surface area contributed by atoms with Gasteiger partial charge in [0, 0.05) is 6.54 Å². The Bertz CT molecular complexity index is 630. The molecule has 2 atom stereocenters. The van der Waals surface area contributed by atoms with Crippen molar-refractivity contribution < 1.29 is 19.1 Å². The lowest BCUT2D eigenvalue weighted by Crippen LogP contribution is -2.57. The molecule has 1 saturated heterocycles. The number of carbonyl (C=O) groups excluding carboxylic acids is 3. The number of hydrogen-bond acceptors (Lipinski definition) is 4. The summed E-state index contributed by atoms with van der Waals surface area (Å²) in [6.45, 7) is 4.29. The Balaban J connectivity index is 2.08. The number of likely N-dealkylation sites (tertiary alicyclic amines) is 1. The van der Waals surface area contributed by atoms with Gasteiger partial charge < -0.3 is 15.0 Å². The number of nitrogens with one attached hydrogen (secondary N) is 1. The maximum atomic E-state index is 13.1. The van der Waals surface area contributed by atoms with Crippen molar-refractivity contribution in [1.29, 1.82) is 0 Å². The normalized spacial score (nSPS) is 18.3. The molecule has 1 aromatic rings. The van der Waals surface area contributed by atoms with Gasteiger partial charge in [0.05, 0.1) is 13.5 Å². The fraction of sp³-hybridized carbons (Fsp3) is 0.550. The second-order valence-corrected chi connectivity index (χ2v) is 7.02. The average Bonchev–Trinajstić information content (AvgIpc) is 2.65. The van der Waals surface area contributed by atoms with E-state index in [1.807, 2.05) is 44.2 Å². The quantitative estimate of drug-likeness (QED) is 0.787. The number of benzene rings is 1. The number of methoxy groups -OCH3 is 1. The number of rotatable bonds is 6. The van der Waals surface area contributed by atoms with E-state index in [-0.39, 0.29) is 24.2 Å². The van der Waals surface area contributed by atoms with E-state index < -0.39 is 18.1 Å². The van der Waals surface area contributed by atoms with Crippen LogP contribution in [-0.4, -0.2) is 48.4 Å². The molecule has 0 spiro atoms. The van der Waals surface area contributed by atoms with Crippen LogP contribution in [0.3, 0.4) is 0 Å². The van der Waals surface area contributed by atoms with E-state index in [0.29, 0.717) is 13.0 Å². The Labute approximate surface area is 154 Å². The molecule has 1 aromatic carbocycles. The molecule has 1 fully saturated rings. The zero-order valence-electron chi connectivity index (χ0n) is 15.7. The van der Waals surface area contributed by atoms with Crippen molar-refractivity contribution in [2.75, 3.05) is 13.7 Å². The predicted octanol–water partition coefficient (Wildman–Crippen LogP) is 1.92. The Morgan fingerprint density at radius 2 is 1.88 bits per heavy atom. The second kappa shape index (κ2) is 9.36. The van der Waals surface area contributed by atoms with E-state index >= 15 is 0 Å². The highest BCUT2D eigenvalue weighted by molar-refractivity contribution is 5.91. The highest BCUT2D eigenvalue weighted by Crippen LogP contribution is 2.21. The number of ether oxygens (including phenoxy) is 1. The SMILES string of the molecule is COC(=O)[C@@H]1CCCCN1C(=O)[C@@H](NC(=O)Cc1ccccc1)C(C)C. The third-order valence-corrected chi connectivity index (χ3v) is 4.72. The third kappa shape index (κ3) is 5.07. The molecule has 1 heterocycles. The molecule has 2 amide bonds. The molecule has 1 aliphatic rings. The molecule has 6 nitrogen and oxygen atoms in total. The van der Waals surface area contributed by atoms with Gasteiger partial charge in [-0.15, -0.1) is 0 Å². The molecule has 2 rings (SSSR count). The van der Waals surface area contributed by atoms with Crippen LogP contribution < -0.4 is 5.32 Å². The lowest BCUT2D eigenvalue weighted by atomic mass is 9.97. The first-order chi connectivity index (χ1) is 12.4. The molecular formula is C20H28N2O4. The number of esters is 1. The fourth-order valence-electron chi connectivity index (χ4n) is 3.27. The van der Waals surface area contributed by atoms with Gasteiger partial charge in [-0.1, -0.05) is 44.2 Å². The summed E-state index contributed by atoms with van der Waals surface area (Å²) in [4.78, 5) is 39.1. The maximum absolute atomic E-state index is 13.1. The lowest BCUT2D eigenvalue weighted by molar-refractivity contribution is -0.156. The molecule has 6 heteroatoms. The highest BCUT2D eigenvalue weighted by atomic mass is 16.5. The van der Waals surface area contributed by atoms with Crippen molar-refractivity contribution in [3.05, 3.63) is 35.9 Å². The van der Waals surface area contributed by atoms with E-state index in [9.17, 15) is 14.4 Å². The maximum Gasteiger partial charge on any atom is 0.328 e. The van der Waals surface area contributed by atoms with Crippen LogP contribution in [0.15, 0.2) is 30.3 Å². The number of hydrogen-bond donors (Lipinski definition) is 1. The van der Waals surface area contributed by atoms with Gasteiger partial charge in [-0.25, -0.2) is 4.79 Å². The minimum absolute atomic E-state index is 0.0811. The summed E-state index contributed by atoms with van der Waals surface area (Å²) in [5, 5.41) is 2.86. The van der Waals surface area contributed by atoms with Crippen molar-refractivity contribution in [3.8, 4) is 0 Å². The van der Waals surface area contributed by atoms with Crippen LogP contribution in [0, 0.1) is 5.92 Å². The van der Waals surface area contributed by atoms with Crippen LogP contribution in [0.1, 0.15) is 38.7 Å². The summed E-state index contributed by atoms with van der Waals surface area (Å²) in [6, 6.07) is 8.19. The highest BCUT2D eigenvalue weighted by Gasteiger charge is 2.37. The van der Waals surface area contributed by atoms with E-state index in [4.69, 9.17) is 4.74 Å². The minimum atomic E-state index is -0.656. The molecule has 0 aliphatic carbocycles. The smallest absolute Gasteiger partial charge is 0.328 e. The van der Waals surface area contributed by atoms with Gasteiger partial charge >= 0.3 is 5.97 Å². The number of nitrogens with zero attached hydrogens (tertiary/aromatic N) is 1. The molecule has 1 N–H and O–H groups in total. The first-order valence-corrected chi connectivity index (χ1v) is 9.15. The van der Waals surface area contributed by atoms with Gasteiger partial charge in [0.25, 0.3) is 0 Å². The van der Waals surface area contributed by atoms with Gasteiger partial charge in [0.15, 0.2) is 0 Å². The molecular weight excluding hydrogens is 332 g/mol. The van der Waals surface area contributed by atoms with E-state index in [1.54, 1.807) is 4.90 Å². The molecule has 0 aromatic heterocycles. The first kappa shape index (κ1) is 19.9. The summed E-state index contributed by atoms with van der Waals surface area (Å²) in [6.07, 6.45) is 2.55. The van der Waals surface area contributed by atoms with Gasteiger partial charge in [0.2, 0.25) is 11.8 Å². The van der Waals surface area contributed by atoms with Gasteiger partial charge in [-0.3, -0.25) is 9.59 Å². The summed E-state index contributed by atoms with van der Waals surface area (Å²) in [7, 11) is 1.33. The molecule has 26 heavy (non-hydrogen) atoms. The molecule has 0 bridgehead atoms. The van der Waals surface area contributed by atoms with Crippen molar-refractivity contribution in [2.45, 2.75) is 51.6 Å². The largest absolute Gasteiger partial charge is 0.467 e. The summed E-state index contributed by atoms with van der Waals surface area (Å²) >= 11 is 0. The Morgan fingerprint density at radius 3 is 2.50 bits per heavy atom. The zero-order valence-corrected chi connectivity index (χ0v) is 15.7. The van der Waals surface area contributed by atoms with Crippen LogP contribution in [0.2, 0.25) is 0 Å². The van der Waals surface area contributed by atoms with Crippen LogP contribution >= 0.6 is 0 Å². The van der Waals surface area contributed by atoms with Gasteiger partial charge in [-0.2, -0.15) is 0 Å². The van der Waals surface area contributed by atoms with E-state index in [0.717, 1.165) is 18.4 Å². The van der Waals surface area contributed by atoms with Crippen molar-refractivity contribution in [2.24, 2.45) is 5.92 Å². The van der Waals surface area contributed by atoms with Crippen molar-refractivity contribution >= 4 is 17.8 Å². The Morgan fingerprint density at radius 1 is 1.19 bits per heavy atom. The molecule has 0 saturated carbocycles. The molecule has 0 radical (unpaired) electrons. The van der Waals surface area contributed by atoms with Gasteiger partial charge in [-0.05, 0) is 30.7 Å². The Hall–Kier alpha value is -2.37. The van der Waals surface area contributed by atoms with Crippen LogP contribution in [0.5, 0.6) is 0 Å². The van der Waals surface area contributed by atoms with E-state index in [2.05, 4.69) is 5.32 Å². The van der Waals surface area contributed by atoms with Gasteiger partial charge in [0.1, 0.15) is 12.1 Å². The number of piperidine rings is 1. The second-order valence-electron chi connectivity index (χ2n) is 7.02. The predicted molar refractivity (Wildman–Crippen MR) is 98.3 cm³/mol. The van der Waals surface area contributed by atoms with Crippen molar-refractivity contribution in [3.63, 3.8) is 0 Å². The number of carbonyl (C=O) groups is 3. The molecule has 0 unspecified atom stereocenters. The first-order valence-electron chi connectivity index (χ1n) is 9.15. The fourth-order valence-corrected chi connectivity index (χ4v) is 3.27. The van der Waals surface area contributed by atoms with Crippen LogP contribution in [0.25, 0.3) is 0 Å². The van der Waals surface area contributed by atoms with Crippen molar-refractivity contribution in [1.82, 2.24) is 10.2 Å². The standard InChI is InChI=1S/C20H28N2O4/c1-14(2)18(21-17(23)13-15-9-5-4-6-10-15)19(24)22-12-8-7-11-16(22)20(25)26-3/h4-6,9-10,14,16,18H,7-8,11-13H2,1-3H3,(H,21,23)/t16-,18-/m0/s1. The summed E-state index contributed by atoms with van der Waals surface area (Å²) in [5.41, 5.74) is 0.894. The lowest BCUT2D eigenvalue weighted by Gasteiger charge is -2.37. The monoisotopic (exact) mass is 360 g/mol. The average molecular weight is 360 g/mol. The third-order valence-electron chi connectivity index (χ3n) is 4.72. The zero-order chi connectivity index (χ0) is 19.1. The van der Waals surface area contributed by atoms with E-state index in [1.165, 1.54) is 7.11 Å². The molecule has 142 valence electrons. The van der Waals surface area contributed by atoms with Crippen LogP contribution in [-0.2, 0) is 25.5 Å².